The van der Waals surface area contributed by atoms with Crippen LogP contribution in [0.1, 0.15) is 44.1 Å². The van der Waals surface area contributed by atoms with Crippen LogP contribution in [0.25, 0.3) is 0 Å². The molecule has 140 valence electrons. The van der Waals surface area contributed by atoms with Crippen LogP contribution in [-0.2, 0) is 20.9 Å². The molecule has 3 aliphatic rings. The number of carbonyl (C=O) groups excluding carboxylic acids is 1. The molecule has 1 aliphatic carbocycles. The molecule has 26 heavy (non-hydrogen) atoms. The van der Waals surface area contributed by atoms with Crippen LogP contribution in [0.5, 0.6) is 0 Å². The van der Waals surface area contributed by atoms with Gasteiger partial charge in [0.1, 0.15) is 0 Å². The Morgan fingerprint density at radius 1 is 1.31 bits per heavy atom. The fraction of sp³-hybridized carbons (Fsp3) is 0.619. The molecule has 5 nitrogen and oxygen atoms in total. The van der Waals surface area contributed by atoms with Crippen molar-refractivity contribution in [1.82, 2.24) is 9.88 Å². The highest BCUT2D eigenvalue weighted by Gasteiger charge is 2.43. The first-order valence-corrected chi connectivity index (χ1v) is 9.81. The van der Waals surface area contributed by atoms with Crippen LogP contribution in [-0.4, -0.2) is 48.2 Å². The van der Waals surface area contributed by atoms with Crippen molar-refractivity contribution in [2.75, 3.05) is 26.3 Å². The number of nitrogens with zero attached hydrogens (tertiary/aromatic N) is 2. The van der Waals surface area contributed by atoms with Crippen LogP contribution in [0.4, 0.5) is 0 Å². The van der Waals surface area contributed by atoms with Crippen LogP contribution in [0.15, 0.2) is 36.2 Å². The van der Waals surface area contributed by atoms with E-state index in [0.29, 0.717) is 13.2 Å². The average Bonchev–Trinajstić information content (AvgIpc) is 3.34. The van der Waals surface area contributed by atoms with Gasteiger partial charge in [-0.2, -0.15) is 0 Å². The molecule has 1 spiro atoms. The summed E-state index contributed by atoms with van der Waals surface area (Å²) in [5.41, 5.74) is 2.41. The maximum absolute atomic E-state index is 12.5. The number of carbonyl (C=O) groups is 1. The topological polar surface area (TPSA) is 51.7 Å². The summed E-state index contributed by atoms with van der Waals surface area (Å²) < 4.78 is 11.9. The molecule has 0 saturated carbocycles. The zero-order valence-corrected chi connectivity index (χ0v) is 15.4. The molecule has 1 aromatic heterocycles. The summed E-state index contributed by atoms with van der Waals surface area (Å²) in [7, 11) is 0. The third kappa shape index (κ3) is 3.99. The molecular formula is C21H28N2O3. The summed E-state index contributed by atoms with van der Waals surface area (Å²) in [6.07, 6.45) is 12.2. The van der Waals surface area contributed by atoms with Crippen molar-refractivity contribution < 1.29 is 14.3 Å². The van der Waals surface area contributed by atoms with E-state index in [9.17, 15) is 4.79 Å². The van der Waals surface area contributed by atoms with Crippen molar-refractivity contribution in [1.29, 1.82) is 0 Å². The molecule has 2 aliphatic heterocycles. The van der Waals surface area contributed by atoms with Crippen molar-refractivity contribution in [3.05, 3.63) is 41.7 Å². The Morgan fingerprint density at radius 2 is 2.12 bits per heavy atom. The van der Waals surface area contributed by atoms with Crippen molar-refractivity contribution >= 4 is 5.91 Å². The molecule has 4 rings (SSSR count). The lowest BCUT2D eigenvalue weighted by Crippen LogP contribution is -2.44. The molecule has 3 heterocycles. The monoisotopic (exact) mass is 356 g/mol. The first kappa shape index (κ1) is 17.7. The largest absolute Gasteiger partial charge is 0.375 e. The zero-order valence-electron chi connectivity index (χ0n) is 15.4. The predicted octanol–water partition coefficient (Wildman–Crippen LogP) is 3.11. The van der Waals surface area contributed by atoms with E-state index in [-0.39, 0.29) is 17.4 Å². The van der Waals surface area contributed by atoms with E-state index in [1.807, 2.05) is 12.1 Å². The number of likely N-dealkylation sites (tertiary alicyclic amines) is 1. The number of aromatic nitrogens is 1. The van der Waals surface area contributed by atoms with Gasteiger partial charge in [0.2, 0.25) is 5.91 Å². The van der Waals surface area contributed by atoms with Gasteiger partial charge in [0, 0.05) is 31.1 Å². The molecule has 0 radical (unpaired) electrons. The highest BCUT2D eigenvalue weighted by atomic mass is 16.5. The molecule has 1 amide bonds. The van der Waals surface area contributed by atoms with Gasteiger partial charge in [-0.05, 0) is 61.6 Å². The van der Waals surface area contributed by atoms with Gasteiger partial charge >= 0.3 is 0 Å². The molecular weight excluding hydrogens is 328 g/mol. The van der Waals surface area contributed by atoms with Gasteiger partial charge in [0.15, 0.2) is 0 Å². The second-order valence-electron chi connectivity index (χ2n) is 7.92. The smallest absolute Gasteiger partial charge is 0.249 e. The number of hydrogen-bond donors (Lipinski definition) is 0. The van der Waals surface area contributed by atoms with Gasteiger partial charge in [-0.1, -0.05) is 6.08 Å². The highest BCUT2D eigenvalue weighted by molar-refractivity contribution is 5.93. The Hall–Kier alpha value is -1.72. The molecule has 1 unspecified atom stereocenters. The molecule has 1 aromatic rings. The minimum absolute atomic E-state index is 0.177. The number of rotatable bonds is 5. The van der Waals surface area contributed by atoms with E-state index in [0.717, 1.165) is 69.4 Å². The summed E-state index contributed by atoms with van der Waals surface area (Å²) in [5.74, 6) is 0.272. The number of allylic oxidation sites excluding steroid dienone is 1. The normalized spacial score (nSPS) is 24.8. The molecule has 0 N–H and O–H groups in total. The van der Waals surface area contributed by atoms with Gasteiger partial charge < -0.3 is 14.4 Å². The molecule has 0 bridgehead atoms. The van der Waals surface area contributed by atoms with Crippen molar-refractivity contribution in [3.8, 4) is 0 Å². The zero-order chi connectivity index (χ0) is 17.8. The number of ether oxygens (including phenoxy) is 2. The SMILES string of the molecule is O=C(C1=CCCC1)N1CCC2(CC1)COC(COCc1ccncc1)C2. The van der Waals surface area contributed by atoms with Crippen molar-refractivity contribution in [2.45, 2.75) is 51.2 Å². The van der Waals surface area contributed by atoms with Gasteiger partial charge in [0.25, 0.3) is 0 Å². The molecule has 0 aromatic carbocycles. The Morgan fingerprint density at radius 3 is 2.85 bits per heavy atom. The number of pyridine rings is 1. The highest BCUT2D eigenvalue weighted by Crippen LogP contribution is 2.42. The predicted molar refractivity (Wildman–Crippen MR) is 98.4 cm³/mol. The first-order chi connectivity index (χ1) is 12.7. The van der Waals surface area contributed by atoms with Crippen LogP contribution < -0.4 is 0 Å². The molecule has 2 fully saturated rings. The summed E-state index contributed by atoms with van der Waals surface area (Å²) in [4.78, 5) is 18.6. The summed E-state index contributed by atoms with van der Waals surface area (Å²) in [6, 6.07) is 3.95. The third-order valence-electron chi connectivity index (χ3n) is 6.03. The number of amides is 1. The van der Waals surface area contributed by atoms with Crippen LogP contribution in [0.3, 0.4) is 0 Å². The lowest BCUT2D eigenvalue weighted by Gasteiger charge is -2.38. The van der Waals surface area contributed by atoms with Crippen molar-refractivity contribution in [2.24, 2.45) is 5.41 Å². The van der Waals surface area contributed by atoms with Gasteiger partial charge in [-0.15, -0.1) is 0 Å². The van der Waals surface area contributed by atoms with Crippen LogP contribution in [0, 0.1) is 5.41 Å². The second-order valence-corrected chi connectivity index (χ2v) is 7.92. The average molecular weight is 356 g/mol. The molecule has 2 saturated heterocycles. The number of piperidine rings is 1. The van der Waals surface area contributed by atoms with Gasteiger partial charge in [-0.25, -0.2) is 0 Å². The minimum atomic E-state index is 0.177. The van der Waals surface area contributed by atoms with Crippen LogP contribution in [0.2, 0.25) is 0 Å². The minimum Gasteiger partial charge on any atom is -0.375 e. The van der Waals surface area contributed by atoms with Crippen molar-refractivity contribution in [3.63, 3.8) is 0 Å². The van der Waals surface area contributed by atoms with Gasteiger partial charge in [0.05, 0.1) is 25.9 Å². The maximum Gasteiger partial charge on any atom is 0.249 e. The van der Waals surface area contributed by atoms with E-state index >= 15 is 0 Å². The van der Waals surface area contributed by atoms with Gasteiger partial charge in [-0.3, -0.25) is 9.78 Å². The molecule has 1 atom stereocenters. The lowest BCUT2D eigenvalue weighted by molar-refractivity contribution is -0.129. The van der Waals surface area contributed by atoms with E-state index in [1.165, 1.54) is 0 Å². The third-order valence-corrected chi connectivity index (χ3v) is 6.03. The standard InChI is InChI=1S/C21H28N2O3/c24-20(18-3-1-2-4-18)23-11-7-21(8-12-23)13-19(26-16-21)15-25-14-17-5-9-22-10-6-17/h3,5-6,9-10,19H,1-2,4,7-8,11-16H2. The van der Waals surface area contributed by atoms with E-state index in [1.54, 1.807) is 12.4 Å². The van der Waals surface area contributed by atoms with Crippen LogP contribution >= 0.6 is 0 Å². The quantitative estimate of drug-likeness (QED) is 0.813. The van der Waals surface area contributed by atoms with E-state index < -0.39 is 0 Å². The lowest BCUT2D eigenvalue weighted by atomic mass is 9.76. The summed E-state index contributed by atoms with van der Waals surface area (Å²) in [6.45, 7) is 3.78. The molecule has 5 heteroatoms. The summed E-state index contributed by atoms with van der Waals surface area (Å²) >= 11 is 0. The number of hydrogen-bond acceptors (Lipinski definition) is 4. The Bertz CT molecular complexity index is 650. The Labute approximate surface area is 155 Å². The van der Waals surface area contributed by atoms with E-state index in [4.69, 9.17) is 9.47 Å². The Kier molecular flexibility index (Phi) is 5.36. The second kappa shape index (κ2) is 7.89. The summed E-state index contributed by atoms with van der Waals surface area (Å²) in [5, 5.41) is 0. The fourth-order valence-corrected chi connectivity index (χ4v) is 4.39. The fourth-order valence-electron chi connectivity index (χ4n) is 4.39. The first-order valence-electron chi connectivity index (χ1n) is 9.81. The maximum atomic E-state index is 12.5. The van der Waals surface area contributed by atoms with E-state index in [2.05, 4.69) is 16.0 Å². The Balaban J connectivity index is 1.22.